The summed E-state index contributed by atoms with van der Waals surface area (Å²) in [5.74, 6) is 2.19. The molecule has 1 N–H and O–H groups in total. The molecule has 0 saturated carbocycles. The highest BCUT2D eigenvalue weighted by molar-refractivity contribution is 7.98. The fraction of sp³-hybridized carbons (Fsp3) is 0.200. The minimum absolute atomic E-state index is 0.105. The van der Waals surface area contributed by atoms with Gasteiger partial charge in [0.25, 0.3) is 5.91 Å². The van der Waals surface area contributed by atoms with E-state index in [2.05, 4.69) is 17.4 Å². The summed E-state index contributed by atoms with van der Waals surface area (Å²) in [6, 6.07) is 22.3. The Hall–Kier alpha value is -3.45. The summed E-state index contributed by atoms with van der Waals surface area (Å²) in [6.45, 7) is 0.603. The van der Waals surface area contributed by atoms with E-state index in [0.717, 1.165) is 11.3 Å². The highest BCUT2D eigenvalue weighted by Crippen LogP contribution is 2.34. The lowest BCUT2D eigenvalue weighted by molar-refractivity contribution is -0.119. The van der Waals surface area contributed by atoms with Gasteiger partial charge in [0, 0.05) is 35.4 Å². The summed E-state index contributed by atoms with van der Waals surface area (Å²) >= 11 is 1.64. The van der Waals surface area contributed by atoms with Crippen LogP contribution in [-0.4, -0.2) is 35.3 Å². The van der Waals surface area contributed by atoms with Crippen molar-refractivity contribution in [2.45, 2.75) is 18.3 Å². The quantitative estimate of drug-likeness (QED) is 0.586. The van der Waals surface area contributed by atoms with Crippen LogP contribution in [0.3, 0.4) is 0 Å². The Bertz CT molecular complexity index is 1150. The Balaban J connectivity index is 1.34. The second-order valence-corrected chi connectivity index (χ2v) is 8.69. The number of nitrogens with one attached hydrogen (secondary N) is 1. The van der Waals surface area contributed by atoms with Crippen LogP contribution in [0, 0.1) is 0 Å². The third kappa shape index (κ3) is 4.16. The molecule has 0 saturated heterocycles. The molecule has 2 aliphatic heterocycles. The molecule has 3 aromatic rings. The molecule has 2 aliphatic rings. The average Bonchev–Trinajstić information content (AvgIpc) is 3.41. The fourth-order valence-corrected chi connectivity index (χ4v) is 5.00. The Morgan fingerprint density at radius 3 is 2.62 bits per heavy atom. The van der Waals surface area contributed by atoms with Gasteiger partial charge in [-0.25, -0.2) is 0 Å². The van der Waals surface area contributed by atoms with Gasteiger partial charge in [-0.05, 0) is 29.3 Å². The first kappa shape index (κ1) is 20.5. The first-order valence-electron chi connectivity index (χ1n) is 10.4. The summed E-state index contributed by atoms with van der Waals surface area (Å²) in [7, 11) is 0. The number of benzene rings is 3. The van der Waals surface area contributed by atoms with Gasteiger partial charge in [-0.15, -0.1) is 0 Å². The Morgan fingerprint density at radius 1 is 1.00 bits per heavy atom. The predicted octanol–water partition coefficient (Wildman–Crippen LogP) is 4.31. The van der Waals surface area contributed by atoms with Gasteiger partial charge in [0.05, 0.1) is 0 Å². The molecular weight excluding hydrogens is 424 g/mol. The Morgan fingerprint density at radius 2 is 1.78 bits per heavy atom. The zero-order chi connectivity index (χ0) is 21.9. The van der Waals surface area contributed by atoms with Crippen molar-refractivity contribution in [3.8, 4) is 11.5 Å². The van der Waals surface area contributed by atoms with Crippen molar-refractivity contribution in [3.05, 3.63) is 89.5 Å². The summed E-state index contributed by atoms with van der Waals surface area (Å²) in [4.78, 5) is 28.1. The van der Waals surface area contributed by atoms with Crippen LogP contribution >= 0.6 is 11.8 Å². The molecule has 0 aromatic heterocycles. The number of fused-ring (bicyclic) bond motifs is 2. The van der Waals surface area contributed by atoms with Crippen LogP contribution in [0.2, 0.25) is 0 Å². The lowest BCUT2D eigenvalue weighted by Crippen LogP contribution is -2.46. The molecule has 0 fully saturated rings. The van der Waals surface area contributed by atoms with Gasteiger partial charge < -0.3 is 19.7 Å². The number of carbonyl (C=O) groups is 2. The van der Waals surface area contributed by atoms with Crippen LogP contribution in [0.4, 0.5) is 5.69 Å². The molecule has 32 heavy (non-hydrogen) atoms. The van der Waals surface area contributed by atoms with Gasteiger partial charge in [0.1, 0.15) is 6.04 Å². The molecule has 1 atom stereocenters. The van der Waals surface area contributed by atoms with Crippen LogP contribution in [0.15, 0.2) is 72.8 Å². The van der Waals surface area contributed by atoms with Gasteiger partial charge in [0.2, 0.25) is 12.7 Å². The number of amides is 2. The van der Waals surface area contributed by atoms with Crippen molar-refractivity contribution in [1.82, 2.24) is 4.90 Å². The SMILES string of the molecule is O=C(Nc1ccc2c(c1)OCO2)[C@H](CSCc1ccccc1)N1Cc2ccccc2C1=O. The number of carbonyl (C=O) groups excluding carboxylic acids is 2. The van der Waals surface area contributed by atoms with Gasteiger partial charge >= 0.3 is 0 Å². The summed E-state index contributed by atoms with van der Waals surface area (Å²) in [6.07, 6.45) is 0. The third-order valence-electron chi connectivity index (χ3n) is 5.56. The van der Waals surface area contributed by atoms with Crippen molar-refractivity contribution >= 4 is 29.3 Å². The molecule has 0 radical (unpaired) electrons. The van der Waals surface area contributed by atoms with Gasteiger partial charge in [0.15, 0.2) is 11.5 Å². The van der Waals surface area contributed by atoms with Crippen molar-refractivity contribution in [3.63, 3.8) is 0 Å². The van der Waals surface area contributed by atoms with E-state index in [0.29, 0.717) is 35.0 Å². The van der Waals surface area contributed by atoms with Crippen LogP contribution in [-0.2, 0) is 17.1 Å². The summed E-state index contributed by atoms with van der Waals surface area (Å²) in [5, 5.41) is 2.96. The second kappa shape index (κ2) is 8.96. The van der Waals surface area contributed by atoms with Crippen molar-refractivity contribution in [2.24, 2.45) is 0 Å². The molecule has 2 heterocycles. The summed E-state index contributed by atoms with van der Waals surface area (Å²) in [5.41, 5.74) is 3.41. The number of nitrogens with zero attached hydrogens (tertiary/aromatic N) is 1. The zero-order valence-corrected chi connectivity index (χ0v) is 18.1. The number of rotatable bonds is 7. The summed E-state index contributed by atoms with van der Waals surface area (Å²) < 4.78 is 10.8. The maximum Gasteiger partial charge on any atom is 0.255 e. The highest BCUT2D eigenvalue weighted by atomic mass is 32.2. The molecule has 0 aliphatic carbocycles. The second-order valence-electron chi connectivity index (χ2n) is 7.66. The first-order chi connectivity index (χ1) is 15.7. The highest BCUT2D eigenvalue weighted by Gasteiger charge is 2.36. The average molecular weight is 447 g/mol. The molecule has 7 heteroatoms. The normalized spacial score (nSPS) is 14.9. The van der Waals surface area contributed by atoms with Crippen LogP contribution in [0.25, 0.3) is 0 Å². The maximum absolute atomic E-state index is 13.3. The molecule has 0 spiro atoms. The molecule has 3 aromatic carbocycles. The molecule has 5 rings (SSSR count). The smallest absolute Gasteiger partial charge is 0.255 e. The number of hydrogen-bond donors (Lipinski definition) is 1. The van der Waals surface area contributed by atoms with E-state index in [9.17, 15) is 9.59 Å². The van der Waals surface area contributed by atoms with Crippen molar-refractivity contribution < 1.29 is 19.1 Å². The Kier molecular flexibility index (Phi) is 5.73. The molecular formula is C25H22N2O4S. The molecule has 162 valence electrons. The Labute approximate surface area is 190 Å². The van der Waals surface area contributed by atoms with E-state index in [1.807, 2.05) is 42.5 Å². The topological polar surface area (TPSA) is 67.9 Å². The van der Waals surface area contributed by atoms with Crippen molar-refractivity contribution in [1.29, 1.82) is 0 Å². The largest absolute Gasteiger partial charge is 0.454 e. The number of ether oxygens (including phenoxy) is 2. The predicted molar refractivity (Wildman–Crippen MR) is 124 cm³/mol. The first-order valence-corrected chi connectivity index (χ1v) is 11.6. The molecule has 2 amide bonds. The van der Waals surface area contributed by atoms with Crippen molar-refractivity contribution in [2.75, 3.05) is 17.9 Å². The van der Waals surface area contributed by atoms with Crippen LogP contribution < -0.4 is 14.8 Å². The van der Waals surface area contributed by atoms with Crippen LogP contribution in [0.5, 0.6) is 11.5 Å². The lowest BCUT2D eigenvalue weighted by atomic mass is 10.1. The molecule has 0 unspecified atom stereocenters. The standard InChI is InChI=1S/C25H22N2O4S/c28-24(26-19-10-11-22-23(12-19)31-16-30-22)21(15-32-14-17-6-2-1-3-7-17)27-13-18-8-4-5-9-20(18)25(27)29/h1-12,21H,13-16H2,(H,26,28)/t21-/m0/s1. The van der Waals surface area contributed by atoms with E-state index < -0.39 is 6.04 Å². The lowest BCUT2D eigenvalue weighted by Gasteiger charge is -2.27. The fourth-order valence-electron chi connectivity index (χ4n) is 3.90. The number of hydrogen-bond acceptors (Lipinski definition) is 5. The zero-order valence-electron chi connectivity index (χ0n) is 17.3. The van der Waals surface area contributed by atoms with Gasteiger partial charge in [-0.2, -0.15) is 11.8 Å². The van der Waals surface area contributed by atoms with Crippen LogP contribution in [0.1, 0.15) is 21.5 Å². The van der Waals surface area contributed by atoms with E-state index >= 15 is 0 Å². The number of anilines is 1. The maximum atomic E-state index is 13.3. The van der Waals surface area contributed by atoms with Gasteiger partial charge in [-0.3, -0.25) is 9.59 Å². The van der Waals surface area contributed by atoms with Gasteiger partial charge in [-0.1, -0.05) is 48.5 Å². The third-order valence-corrected chi connectivity index (χ3v) is 6.64. The monoisotopic (exact) mass is 446 g/mol. The van der Waals surface area contributed by atoms with E-state index in [1.54, 1.807) is 34.9 Å². The minimum Gasteiger partial charge on any atom is -0.454 e. The number of thioether (sulfide) groups is 1. The molecule has 6 nitrogen and oxygen atoms in total. The minimum atomic E-state index is -0.603. The van der Waals surface area contributed by atoms with E-state index in [4.69, 9.17) is 9.47 Å². The van der Waals surface area contributed by atoms with E-state index in [-0.39, 0.29) is 18.6 Å². The molecule has 0 bridgehead atoms. The van der Waals surface area contributed by atoms with E-state index in [1.165, 1.54) is 5.56 Å².